The topological polar surface area (TPSA) is 16.4 Å². The summed E-state index contributed by atoms with van der Waals surface area (Å²) >= 11 is 0.622. The number of fused-ring (bicyclic) bond motifs is 6. The van der Waals surface area contributed by atoms with E-state index in [2.05, 4.69) is 0 Å². The second kappa shape index (κ2) is 8.87. The van der Waals surface area contributed by atoms with Gasteiger partial charge in [0.2, 0.25) is 0 Å². The lowest BCUT2D eigenvalue weighted by atomic mass is 10.0. The Kier molecular flexibility index (Phi) is 2.07. The number of furan rings is 1. The van der Waals surface area contributed by atoms with Gasteiger partial charge in [-0.3, -0.25) is 0 Å². The number of para-hydroxylation sites is 1. The molecule has 8 rings (SSSR count). The Morgan fingerprint density at radius 3 is 2.05 bits per heavy atom. The largest absolute Gasteiger partial charge is 0.456 e. The van der Waals surface area contributed by atoms with E-state index < -0.39 is 189 Å². The van der Waals surface area contributed by atoms with Gasteiger partial charge in [0, 0.05) is 36.9 Å². The van der Waals surface area contributed by atoms with Gasteiger partial charge in [-0.1, -0.05) is 90.6 Å². The molecule has 0 amide bonds. The molecule has 0 unspecified atom stereocenters. The van der Waals surface area contributed by atoms with Gasteiger partial charge in [0.15, 0.2) is 0 Å². The molecule has 0 saturated carbocycles. The van der Waals surface area contributed by atoms with Gasteiger partial charge in [-0.2, -0.15) is 0 Å². The van der Waals surface area contributed by atoms with Crippen LogP contribution in [0.5, 0.6) is 0 Å². The summed E-state index contributed by atoms with van der Waals surface area (Å²) in [5, 5.41) is -1.50. The highest BCUT2D eigenvalue weighted by molar-refractivity contribution is 7.25. The molecule has 0 saturated heterocycles. The number of benzene rings is 6. The molecule has 2 heterocycles. The maximum absolute atomic E-state index is 9.61. The quantitative estimate of drug-likeness (QED) is 0.221. The highest BCUT2D eigenvalue weighted by atomic mass is 32.1. The number of thiophene rings is 1. The second-order valence-corrected chi connectivity index (χ2v) is 9.05. The number of nitrogens with zero attached hydrogens (tertiary/aromatic N) is 1. The minimum Gasteiger partial charge on any atom is -0.456 e. The summed E-state index contributed by atoms with van der Waals surface area (Å²) in [5.74, 6) is 0. The lowest BCUT2D eigenvalue weighted by molar-refractivity contribution is 0.669. The van der Waals surface area contributed by atoms with Crippen LogP contribution in [0.4, 0.5) is 17.1 Å². The van der Waals surface area contributed by atoms with Crippen molar-refractivity contribution >= 4 is 70.5 Å². The van der Waals surface area contributed by atoms with E-state index in [4.69, 9.17) is 25.0 Å². The summed E-state index contributed by atoms with van der Waals surface area (Å²) in [6.45, 7) is 0. The zero-order chi connectivity index (χ0) is 45.8. The van der Waals surface area contributed by atoms with Crippen LogP contribution in [-0.2, 0) is 0 Å². The van der Waals surface area contributed by atoms with Crippen LogP contribution < -0.4 is 4.90 Å². The molecule has 184 valence electrons. The summed E-state index contributed by atoms with van der Waals surface area (Å²) in [5.41, 5.74) is -5.19. The Balaban J connectivity index is 1.64. The van der Waals surface area contributed by atoms with E-state index in [-0.39, 0.29) is 20.2 Å². The van der Waals surface area contributed by atoms with Gasteiger partial charge in [-0.05, 0) is 59.5 Å². The van der Waals surface area contributed by atoms with Gasteiger partial charge in [0.1, 0.15) is 11.2 Å². The minimum atomic E-state index is -1.09. The molecule has 8 aromatic rings. The van der Waals surface area contributed by atoms with Crippen molar-refractivity contribution in [2.45, 2.75) is 0 Å². The molecule has 39 heavy (non-hydrogen) atoms. The predicted octanol–water partition coefficient (Wildman–Crippen LogP) is 11.1. The second-order valence-electron chi connectivity index (χ2n) is 8.03. The average molecular weight is 541 g/mol. The summed E-state index contributed by atoms with van der Waals surface area (Å²) in [6, 6.07) is -19.3. The first-order chi connectivity index (χ1) is 28.9. The van der Waals surface area contributed by atoms with E-state index in [1.807, 2.05) is 0 Å². The van der Waals surface area contributed by atoms with Crippen molar-refractivity contribution in [3.8, 4) is 11.1 Å². The maximum Gasteiger partial charge on any atom is 0.137 e. The molecule has 0 N–H and O–H groups in total. The summed E-state index contributed by atoms with van der Waals surface area (Å²) in [7, 11) is 0. The Morgan fingerprint density at radius 2 is 1.18 bits per heavy atom. The van der Waals surface area contributed by atoms with Gasteiger partial charge in [-0.25, -0.2) is 0 Å². The third-order valence-electron chi connectivity index (χ3n) is 5.83. The number of hydrogen-bond acceptors (Lipinski definition) is 3. The molecule has 0 bridgehead atoms. The van der Waals surface area contributed by atoms with Crippen LogP contribution in [-0.4, -0.2) is 0 Å². The maximum atomic E-state index is 9.61. The first-order valence-corrected chi connectivity index (χ1v) is 12.1. The SMILES string of the molecule is [2H]c1c([2H])c([2H])c(-c2c([2H])c([2H])c(N(c3c([2H])c([2H])c4c(sc5c([2H])c([2H])c([2H])c([2H])c54)c3[2H])c3c([2H])c([2H])c([2H])c4oc5c([2H])c([2H])c([2H])c([2H])c5c34)c([2H])c2[2H])c([2H])c1[2H]. The fraction of sp³-hybridized carbons (Fsp3) is 0. The van der Waals surface area contributed by atoms with Crippen molar-refractivity contribution in [1.82, 2.24) is 0 Å². The molecule has 2 nitrogen and oxygen atoms in total. The van der Waals surface area contributed by atoms with Crippen LogP contribution in [0.3, 0.4) is 0 Å². The van der Waals surface area contributed by atoms with Crippen molar-refractivity contribution < 1.29 is 35.9 Å². The van der Waals surface area contributed by atoms with E-state index in [1.165, 1.54) is 0 Å². The average Bonchev–Trinajstić information content (AvgIpc) is 3.85. The molecular weight excluding hydrogens is 494 g/mol. The molecule has 0 aliphatic rings. The smallest absolute Gasteiger partial charge is 0.137 e. The molecule has 2 aromatic heterocycles. The molecule has 0 atom stereocenters. The lowest BCUT2D eigenvalue weighted by Crippen LogP contribution is -2.10. The van der Waals surface area contributed by atoms with E-state index in [9.17, 15) is 11.0 Å². The third kappa shape index (κ3) is 3.63. The summed E-state index contributed by atoms with van der Waals surface area (Å²) in [6.07, 6.45) is 0. The van der Waals surface area contributed by atoms with Gasteiger partial charge in [0.25, 0.3) is 0 Å². The van der Waals surface area contributed by atoms with Crippen LogP contribution in [0.15, 0.2) is 143 Å². The molecule has 0 fully saturated rings. The Morgan fingerprint density at radius 1 is 0.513 bits per heavy atom. The van der Waals surface area contributed by atoms with Crippen LogP contribution in [0.25, 0.3) is 53.2 Å². The van der Waals surface area contributed by atoms with Gasteiger partial charge in [0.05, 0.1) is 42.6 Å². The standard InChI is InChI=1S/C36H23NOS/c1-2-9-24(10-3-1)25-17-19-26(20-18-25)37(27-21-22-29-28-11-5-7-16-34(28)39-35(29)23-27)31-13-8-15-33-36(31)30-12-4-6-14-32(30)38-33/h1-23H/i1D,2D,3D,4D,5D,6D,7D,8D,9D,10D,11D,12D,13D,14D,15D,16D,17D,18D,19D,20D,21D,22D,23D. The molecule has 0 aliphatic carbocycles. The molecule has 6 aromatic carbocycles. The molecule has 0 aliphatic heterocycles. The highest BCUT2D eigenvalue weighted by Gasteiger charge is 2.20. The van der Waals surface area contributed by atoms with Gasteiger partial charge in [-0.15, -0.1) is 11.3 Å². The highest BCUT2D eigenvalue weighted by Crippen LogP contribution is 2.45. The summed E-state index contributed by atoms with van der Waals surface area (Å²) in [4.78, 5) is 0.618. The Labute approximate surface area is 262 Å². The third-order valence-corrected chi connectivity index (χ3v) is 6.85. The van der Waals surface area contributed by atoms with Gasteiger partial charge < -0.3 is 9.32 Å². The van der Waals surface area contributed by atoms with Crippen LogP contribution in [0.2, 0.25) is 0 Å². The van der Waals surface area contributed by atoms with E-state index in [0.717, 1.165) is 0 Å². The fourth-order valence-corrected chi connectivity index (χ4v) is 5.13. The number of hydrogen-bond donors (Lipinski definition) is 0. The predicted molar refractivity (Wildman–Crippen MR) is 167 cm³/mol. The Bertz CT molecular complexity index is 3350. The number of rotatable bonds is 4. The van der Waals surface area contributed by atoms with Crippen LogP contribution in [0, 0.1) is 0 Å². The minimum absolute atomic E-state index is 0.115. The van der Waals surface area contributed by atoms with Crippen molar-refractivity contribution in [2.24, 2.45) is 0 Å². The van der Waals surface area contributed by atoms with Gasteiger partial charge >= 0.3 is 0 Å². The first kappa shape index (κ1) is 9.11. The van der Waals surface area contributed by atoms with E-state index in [1.54, 1.807) is 0 Å². The first-order valence-electron chi connectivity index (χ1n) is 22.7. The molecule has 0 spiro atoms. The van der Waals surface area contributed by atoms with Crippen molar-refractivity contribution in [2.75, 3.05) is 4.90 Å². The number of anilines is 3. The fourth-order valence-electron chi connectivity index (χ4n) is 4.16. The normalized spacial score (nSPS) is 19.8. The van der Waals surface area contributed by atoms with E-state index >= 15 is 0 Å². The van der Waals surface area contributed by atoms with E-state index in [0.29, 0.717) is 16.2 Å². The molecule has 0 radical (unpaired) electrons. The molecule has 3 heteroatoms. The van der Waals surface area contributed by atoms with Crippen LogP contribution >= 0.6 is 11.3 Å². The zero-order valence-electron chi connectivity index (χ0n) is 42.3. The monoisotopic (exact) mass is 540 g/mol. The zero-order valence-corrected chi connectivity index (χ0v) is 20.1. The van der Waals surface area contributed by atoms with Crippen molar-refractivity contribution in [3.63, 3.8) is 0 Å². The van der Waals surface area contributed by atoms with Crippen molar-refractivity contribution in [3.05, 3.63) is 139 Å². The summed E-state index contributed by atoms with van der Waals surface area (Å²) < 4.78 is 207. The van der Waals surface area contributed by atoms with Crippen LogP contribution in [0.1, 0.15) is 31.5 Å². The molecular formula is C36H23NOS. The van der Waals surface area contributed by atoms with Crippen molar-refractivity contribution in [1.29, 1.82) is 0 Å². The Hall–Kier alpha value is -4.86. The lowest BCUT2D eigenvalue weighted by Gasteiger charge is -2.26.